The van der Waals surface area contributed by atoms with E-state index < -0.39 is 8.07 Å². The minimum atomic E-state index is -1.69. The molecule has 0 fully saturated rings. The summed E-state index contributed by atoms with van der Waals surface area (Å²) in [7, 11) is -1.69. The van der Waals surface area contributed by atoms with Crippen LogP contribution in [0.5, 0.6) is 0 Å². The maximum absolute atomic E-state index is 2.67. The molecular formula is C34H57Cl3SiTi. The van der Waals surface area contributed by atoms with E-state index in [2.05, 4.69) is 84.2 Å². The van der Waals surface area contributed by atoms with Crippen LogP contribution in [0.25, 0.3) is 0 Å². The van der Waals surface area contributed by atoms with Crippen LogP contribution in [0.15, 0.2) is 51.1 Å². The molecule has 0 saturated carbocycles. The number of hydrogen-bond donors (Lipinski definition) is 0. The van der Waals surface area contributed by atoms with Crippen LogP contribution in [0.1, 0.15) is 136 Å². The Morgan fingerprint density at radius 1 is 0.692 bits per heavy atom. The Balaban J connectivity index is 0. The molecule has 0 amide bonds. The summed E-state index contributed by atoms with van der Waals surface area (Å²) in [6.45, 7) is 9.78. The second kappa shape index (κ2) is 25.0. The average Bonchev–Trinajstić information content (AvgIpc) is 3.30. The quantitative estimate of drug-likeness (QED) is 0.142. The number of halogens is 3. The van der Waals surface area contributed by atoms with Crippen LogP contribution < -0.4 is 42.4 Å². The topological polar surface area (TPSA) is 0 Å². The van der Waals surface area contributed by atoms with E-state index in [9.17, 15) is 0 Å². The van der Waals surface area contributed by atoms with Crippen molar-refractivity contribution in [2.24, 2.45) is 5.92 Å². The first-order valence-corrected chi connectivity index (χ1v) is 19.2. The number of unbranched alkanes of at least 4 members (excludes halogenated alkanes) is 15. The molecule has 39 heavy (non-hydrogen) atoms. The minimum absolute atomic E-state index is 0. The molecule has 0 nitrogen and oxygen atoms in total. The Morgan fingerprint density at radius 2 is 1.13 bits per heavy atom. The van der Waals surface area contributed by atoms with Gasteiger partial charge in [-0.25, -0.2) is 0 Å². The largest absolute Gasteiger partial charge is 1.00 e. The number of allylic oxidation sites excluding steroid dienone is 4. The maximum atomic E-state index is 2.67. The molecule has 0 N–H and O–H groups in total. The third-order valence-electron chi connectivity index (χ3n) is 8.75. The third kappa shape index (κ3) is 15.0. The molecule has 0 radical (unpaired) electrons. The molecular weight excluding hydrogens is 591 g/mol. The molecule has 1 aromatic carbocycles. The zero-order chi connectivity index (χ0) is 26.1. The van der Waals surface area contributed by atoms with E-state index in [0.29, 0.717) is 5.92 Å². The van der Waals surface area contributed by atoms with Crippen molar-refractivity contribution in [1.82, 2.24) is 0 Å². The fourth-order valence-electron chi connectivity index (χ4n) is 6.16. The molecule has 0 aliphatic heterocycles. The average molecular weight is 648 g/mol. The van der Waals surface area contributed by atoms with Crippen molar-refractivity contribution in [3.8, 4) is 0 Å². The predicted molar refractivity (Wildman–Crippen MR) is 161 cm³/mol. The van der Waals surface area contributed by atoms with E-state index in [0.717, 1.165) is 0 Å². The van der Waals surface area contributed by atoms with E-state index in [-0.39, 0.29) is 37.2 Å². The Kier molecular flexibility index (Phi) is 26.7. The Labute approximate surface area is 275 Å². The summed E-state index contributed by atoms with van der Waals surface area (Å²) < 4.78 is 1.67. The smallest absolute Gasteiger partial charge is 1.00 e. The summed E-state index contributed by atoms with van der Waals surface area (Å²) >= 11 is 2.42. The summed E-state index contributed by atoms with van der Waals surface area (Å²) in [5.41, 5.74) is 1.70. The first kappa shape index (κ1) is 41.6. The Morgan fingerprint density at radius 3 is 1.56 bits per heavy atom. The van der Waals surface area contributed by atoms with Crippen molar-refractivity contribution in [1.29, 1.82) is 0 Å². The van der Waals surface area contributed by atoms with Gasteiger partial charge < -0.3 is 37.2 Å². The molecule has 222 valence electrons. The summed E-state index contributed by atoms with van der Waals surface area (Å²) in [6.07, 6.45) is 28.2. The molecule has 0 spiro atoms. The van der Waals surface area contributed by atoms with Crippen molar-refractivity contribution in [2.45, 2.75) is 149 Å². The Hall–Kier alpha value is 0.501. The van der Waals surface area contributed by atoms with Gasteiger partial charge in [-0.05, 0) is 0 Å². The van der Waals surface area contributed by atoms with Crippen molar-refractivity contribution in [2.75, 3.05) is 0 Å². The van der Waals surface area contributed by atoms with E-state index >= 15 is 0 Å². The van der Waals surface area contributed by atoms with Gasteiger partial charge in [0.15, 0.2) is 0 Å². The van der Waals surface area contributed by atoms with Gasteiger partial charge in [-0.2, -0.15) is 0 Å². The van der Waals surface area contributed by atoms with Crippen molar-refractivity contribution >= 4 is 13.3 Å². The first-order chi connectivity index (χ1) is 17.5. The van der Waals surface area contributed by atoms with Gasteiger partial charge in [-0.15, -0.1) is 0 Å². The molecule has 0 saturated heterocycles. The zero-order valence-electron chi connectivity index (χ0n) is 25.6. The first-order valence-electron chi connectivity index (χ1n) is 15.8. The van der Waals surface area contributed by atoms with Crippen LogP contribution in [0.3, 0.4) is 0 Å². The standard InChI is InChI=1S/C34H57Si.3ClH.Ti/c1-5-7-8-9-10-11-12-13-14-15-16-17-18-19-20-24-30-35(4,32-26-22-21-23-27-32)34-29-25-28-33(34)31(3)6-2;;;;/h21-23,26-28,31H,5-20,24-25,30H2,1-4H3;3*1H;/q;;;;+3/p-3. The number of rotatable bonds is 21. The van der Waals surface area contributed by atoms with Crippen LogP contribution in [-0.4, -0.2) is 8.07 Å². The SMILES string of the molecule is CCCCCCCCCCCCCCCCCC[Si](C)(C1=[C]([Ti+3])CC=C1C(C)CC)c1ccccc1.[Cl-].[Cl-].[Cl-]. The van der Waals surface area contributed by atoms with Crippen LogP contribution in [0, 0.1) is 5.92 Å². The van der Waals surface area contributed by atoms with Crippen molar-refractivity contribution in [3.63, 3.8) is 0 Å². The molecule has 0 aromatic heterocycles. The van der Waals surface area contributed by atoms with Gasteiger partial charge in [0.1, 0.15) is 0 Å². The van der Waals surface area contributed by atoms with Crippen molar-refractivity contribution < 1.29 is 57.7 Å². The van der Waals surface area contributed by atoms with Crippen LogP contribution in [-0.2, 0) is 20.4 Å². The molecule has 2 rings (SSSR count). The van der Waals surface area contributed by atoms with Gasteiger partial charge in [0.05, 0.1) is 0 Å². The molecule has 2 unspecified atom stereocenters. The summed E-state index contributed by atoms with van der Waals surface area (Å²) in [5, 5.41) is 3.46. The molecule has 2 atom stereocenters. The molecule has 1 aliphatic rings. The molecule has 0 heterocycles. The zero-order valence-corrected chi connectivity index (χ0v) is 30.4. The number of hydrogen-bond acceptors (Lipinski definition) is 0. The second-order valence-electron chi connectivity index (χ2n) is 11.8. The van der Waals surface area contributed by atoms with Gasteiger partial charge in [0.25, 0.3) is 0 Å². The molecule has 1 aliphatic carbocycles. The predicted octanol–water partition coefficient (Wildman–Crippen LogP) is 1.96. The van der Waals surface area contributed by atoms with Gasteiger partial charge in [0, 0.05) is 0 Å². The summed E-state index contributed by atoms with van der Waals surface area (Å²) in [4.78, 5) is 0. The van der Waals surface area contributed by atoms with E-state index in [1.165, 1.54) is 122 Å². The van der Waals surface area contributed by atoms with Gasteiger partial charge in [0.2, 0.25) is 0 Å². The van der Waals surface area contributed by atoms with Crippen LogP contribution >= 0.6 is 0 Å². The summed E-state index contributed by atoms with van der Waals surface area (Å²) in [5.74, 6) is 0.693. The molecule has 1 aromatic rings. The summed E-state index contributed by atoms with van der Waals surface area (Å²) in [6, 6.07) is 13.0. The van der Waals surface area contributed by atoms with E-state index in [1.807, 2.05) is 5.20 Å². The fourth-order valence-corrected chi connectivity index (χ4v) is 12.3. The molecule has 5 heteroatoms. The molecule has 0 bridgehead atoms. The van der Waals surface area contributed by atoms with Crippen LogP contribution in [0.2, 0.25) is 12.6 Å². The minimum Gasteiger partial charge on any atom is -1.00 e. The van der Waals surface area contributed by atoms with Gasteiger partial charge >= 0.3 is 181 Å². The van der Waals surface area contributed by atoms with Gasteiger partial charge in [-0.3, -0.25) is 0 Å². The van der Waals surface area contributed by atoms with Crippen molar-refractivity contribution in [3.05, 3.63) is 51.1 Å². The van der Waals surface area contributed by atoms with E-state index in [1.54, 1.807) is 14.6 Å². The fraction of sp³-hybridized carbons (Fsp3) is 0.706. The number of benzene rings is 1. The maximum Gasteiger partial charge on any atom is -1.00 e. The normalized spacial score (nSPS) is 15.1. The Bertz CT molecular complexity index is 780. The van der Waals surface area contributed by atoms with Gasteiger partial charge in [-0.1, -0.05) is 58.3 Å². The third-order valence-corrected chi connectivity index (χ3v) is 14.5. The van der Waals surface area contributed by atoms with Crippen LogP contribution in [0.4, 0.5) is 0 Å². The van der Waals surface area contributed by atoms with E-state index in [4.69, 9.17) is 0 Å². The monoisotopic (exact) mass is 646 g/mol. The second-order valence-corrected chi connectivity index (χ2v) is 17.0.